The maximum absolute atomic E-state index is 4.68. The van der Waals surface area contributed by atoms with E-state index in [0.717, 1.165) is 13.1 Å². The van der Waals surface area contributed by atoms with Crippen LogP contribution >= 0.6 is 0 Å². The quantitative estimate of drug-likeness (QED) is 0.800. The van der Waals surface area contributed by atoms with Crippen molar-refractivity contribution in [1.82, 2.24) is 14.7 Å². The molecule has 0 saturated carbocycles. The second kappa shape index (κ2) is 5.21. The average molecular weight is 235 g/mol. The Hall–Kier alpha value is -0.830. The SMILES string of the molecule is Cc1nn(CCN2CCCC2)c(C)c1C(C)C. The summed E-state index contributed by atoms with van der Waals surface area (Å²) in [5, 5.41) is 4.68. The highest BCUT2D eigenvalue weighted by atomic mass is 15.3. The number of nitrogens with zero attached hydrogens (tertiary/aromatic N) is 3. The van der Waals surface area contributed by atoms with E-state index in [-0.39, 0.29) is 0 Å². The second-order valence-electron chi connectivity index (χ2n) is 5.51. The molecule has 0 aromatic carbocycles. The molecule has 2 heterocycles. The monoisotopic (exact) mass is 235 g/mol. The Morgan fingerprint density at radius 3 is 2.29 bits per heavy atom. The molecular weight excluding hydrogens is 210 g/mol. The third kappa shape index (κ3) is 2.71. The normalized spacial score (nSPS) is 17.2. The molecule has 1 fully saturated rings. The zero-order chi connectivity index (χ0) is 12.4. The molecule has 1 saturated heterocycles. The Morgan fingerprint density at radius 2 is 1.76 bits per heavy atom. The van der Waals surface area contributed by atoms with Gasteiger partial charge in [0.15, 0.2) is 0 Å². The summed E-state index contributed by atoms with van der Waals surface area (Å²) in [4.78, 5) is 2.55. The molecule has 0 N–H and O–H groups in total. The fourth-order valence-electron chi connectivity index (χ4n) is 3.01. The summed E-state index contributed by atoms with van der Waals surface area (Å²) in [5.74, 6) is 0.579. The second-order valence-corrected chi connectivity index (χ2v) is 5.51. The van der Waals surface area contributed by atoms with Crippen LogP contribution in [0.2, 0.25) is 0 Å². The molecule has 3 nitrogen and oxygen atoms in total. The summed E-state index contributed by atoms with van der Waals surface area (Å²) in [6.07, 6.45) is 2.74. The van der Waals surface area contributed by atoms with Crippen molar-refractivity contribution in [1.29, 1.82) is 0 Å². The Balaban J connectivity index is 2.03. The first-order valence-electron chi connectivity index (χ1n) is 6.86. The molecule has 3 heteroatoms. The number of rotatable bonds is 4. The molecule has 1 aromatic heterocycles. The van der Waals surface area contributed by atoms with Crippen LogP contribution in [0.15, 0.2) is 0 Å². The largest absolute Gasteiger partial charge is 0.301 e. The highest BCUT2D eigenvalue weighted by Crippen LogP contribution is 2.22. The van der Waals surface area contributed by atoms with Crippen LogP contribution in [0.3, 0.4) is 0 Å². The van der Waals surface area contributed by atoms with Crippen LogP contribution in [0, 0.1) is 13.8 Å². The molecule has 17 heavy (non-hydrogen) atoms. The molecule has 0 bridgehead atoms. The van der Waals surface area contributed by atoms with E-state index in [4.69, 9.17) is 0 Å². The van der Waals surface area contributed by atoms with Gasteiger partial charge >= 0.3 is 0 Å². The topological polar surface area (TPSA) is 21.1 Å². The number of hydrogen-bond acceptors (Lipinski definition) is 2. The van der Waals surface area contributed by atoms with Crippen molar-refractivity contribution >= 4 is 0 Å². The van der Waals surface area contributed by atoms with Crippen molar-refractivity contribution in [2.45, 2.75) is 53.0 Å². The minimum atomic E-state index is 0.579. The van der Waals surface area contributed by atoms with E-state index in [1.165, 1.54) is 42.9 Å². The lowest BCUT2D eigenvalue weighted by atomic mass is 10.0. The highest BCUT2D eigenvalue weighted by Gasteiger charge is 2.16. The third-order valence-electron chi connectivity index (χ3n) is 3.84. The number of aryl methyl sites for hydroxylation is 1. The van der Waals surface area contributed by atoms with Gasteiger partial charge in [-0.3, -0.25) is 4.68 Å². The summed E-state index contributed by atoms with van der Waals surface area (Å²) < 4.78 is 2.20. The van der Waals surface area contributed by atoms with Gasteiger partial charge in [-0.1, -0.05) is 13.8 Å². The Kier molecular flexibility index (Phi) is 3.87. The van der Waals surface area contributed by atoms with Crippen molar-refractivity contribution in [3.8, 4) is 0 Å². The van der Waals surface area contributed by atoms with Crippen LogP contribution in [0.1, 0.15) is 49.6 Å². The summed E-state index contributed by atoms with van der Waals surface area (Å²) in [5.41, 5.74) is 4.00. The maximum atomic E-state index is 4.68. The predicted molar refractivity (Wildman–Crippen MR) is 71.5 cm³/mol. The zero-order valence-electron chi connectivity index (χ0n) is 11.7. The van der Waals surface area contributed by atoms with E-state index >= 15 is 0 Å². The minimum absolute atomic E-state index is 0.579. The van der Waals surface area contributed by atoms with Crippen LogP contribution in [-0.2, 0) is 6.54 Å². The summed E-state index contributed by atoms with van der Waals surface area (Å²) in [6, 6.07) is 0. The number of hydrogen-bond donors (Lipinski definition) is 0. The van der Waals surface area contributed by atoms with Crippen molar-refractivity contribution in [2.75, 3.05) is 19.6 Å². The lowest BCUT2D eigenvalue weighted by Crippen LogP contribution is -2.24. The van der Waals surface area contributed by atoms with E-state index in [2.05, 4.69) is 42.4 Å². The fraction of sp³-hybridized carbons (Fsp3) is 0.786. The molecule has 96 valence electrons. The molecule has 0 amide bonds. The third-order valence-corrected chi connectivity index (χ3v) is 3.84. The van der Waals surface area contributed by atoms with Crippen LogP contribution in [0.5, 0.6) is 0 Å². The molecule has 1 aliphatic heterocycles. The molecule has 2 rings (SSSR count). The molecule has 0 atom stereocenters. The van der Waals surface area contributed by atoms with Gasteiger partial charge in [-0.2, -0.15) is 5.10 Å². The summed E-state index contributed by atoms with van der Waals surface area (Å²) in [6.45, 7) is 13.6. The Morgan fingerprint density at radius 1 is 1.12 bits per heavy atom. The first-order chi connectivity index (χ1) is 8.09. The van der Waals surface area contributed by atoms with Crippen LogP contribution in [0.4, 0.5) is 0 Å². The molecule has 0 radical (unpaired) electrons. The Labute approximate surface area is 105 Å². The number of likely N-dealkylation sites (tertiary alicyclic amines) is 1. The first-order valence-corrected chi connectivity index (χ1v) is 6.86. The van der Waals surface area contributed by atoms with Crippen LogP contribution in [0.25, 0.3) is 0 Å². The van der Waals surface area contributed by atoms with E-state index < -0.39 is 0 Å². The summed E-state index contributed by atoms with van der Waals surface area (Å²) >= 11 is 0. The first kappa shape index (κ1) is 12.6. The van der Waals surface area contributed by atoms with Gasteiger partial charge in [0.1, 0.15) is 0 Å². The lowest BCUT2D eigenvalue weighted by molar-refractivity contribution is 0.314. The van der Waals surface area contributed by atoms with Gasteiger partial charge in [0.05, 0.1) is 12.2 Å². The molecule has 0 spiro atoms. The predicted octanol–water partition coefficient (Wildman–Crippen LogP) is 2.72. The standard InChI is InChI=1S/C14H25N3/c1-11(2)14-12(3)15-17(13(14)4)10-9-16-7-5-6-8-16/h11H,5-10H2,1-4H3. The maximum Gasteiger partial charge on any atom is 0.0631 e. The molecule has 0 aliphatic carbocycles. The fourth-order valence-corrected chi connectivity index (χ4v) is 3.01. The number of aromatic nitrogens is 2. The lowest BCUT2D eigenvalue weighted by Gasteiger charge is -2.15. The van der Waals surface area contributed by atoms with Crippen LogP contribution in [-0.4, -0.2) is 34.3 Å². The van der Waals surface area contributed by atoms with Gasteiger partial charge in [0.25, 0.3) is 0 Å². The smallest absolute Gasteiger partial charge is 0.0631 e. The van der Waals surface area contributed by atoms with Gasteiger partial charge in [-0.25, -0.2) is 0 Å². The molecular formula is C14H25N3. The molecule has 0 unspecified atom stereocenters. The molecule has 1 aromatic rings. The van der Waals surface area contributed by atoms with E-state index in [0.29, 0.717) is 5.92 Å². The van der Waals surface area contributed by atoms with Gasteiger partial charge in [0.2, 0.25) is 0 Å². The molecule has 1 aliphatic rings. The van der Waals surface area contributed by atoms with Gasteiger partial charge in [-0.15, -0.1) is 0 Å². The van der Waals surface area contributed by atoms with Crippen molar-refractivity contribution in [3.63, 3.8) is 0 Å². The summed E-state index contributed by atoms with van der Waals surface area (Å²) in [7, 11) is 0. The van der Waals surface area contributed by atoms with Crippen molar-refractivity contribution < 1.29 is 0 Å². The van der Waals surface area contributed by atoms with Crippen molar-refractivity contribution in [2.24, 2.45) is 0 Å². The average Bonchev–Trinajstić information content (AvgIpc) is 2.84. The Bertz CT molecular complexity index is 373. The zero-order valence-corrected chi connectivity index (χ0v) is 11.7. The van der Waals surface area contributed by atoms with E-state index in [9.17, 15) is 0 Å². The van der Waals surface area contributed by atoms with E-state index in [1.54, 1.807) is 0 Å². The van der Waals surface area contributed by atoms with E-state index in [1.807, 2.05) is 0 Å². The highest BCUT2D eigenvalue weighted by molar-refractivity contribution is 5.27. The van der Waals surface area contributed by atoms with Crippen LogP contribution < -0.4 is 0 Å². The van der Waals surface area contributed by atoms with Gasteiger partial charge in [0, 0.05) is 12.2 Å². The van der Waals surface area contributed by atoms with Crippen molar-refractivity contribution in [3.05, 3.63) is 17.0 Å². The van der Waals surface area contributed by atoms with Gasteiger partial charge in [-0.05, 0) is 51.3 Å². The minimum Gasteiger partial charge on any atom is -0.301 e. The van der Waals surface area contributed by atoms with Gasteiger partial charge < -0.3 is 4.90 Å².